The molecule has 1 saturated carbocycles. The maximum absolute atomic E-state index is 13.3. The number of β-amino-alcohol motifs (C(OH)–C–C–N with tert-alkyl or cyclic N) is 1. The monoisotopic (exact) mass is 573 g/mol. The summed E-state index contributed by atoms with van der Waals surface area (Å²) in [6, 6.07) is 2.65. The summed E-state index contributed by atoms with van der Waals surface area (Å²) < 4.78 is 33.0. The van der Waals surface area contributed by atoms with E-state index in [0.29, 0.717) is 73.3 Å². The van der Waals surface area contributed by atoms with Crippen LogP contribution in [0, 0.1) is 0 Å². The Morgan fingerprint density at radius 2 is 2.13 bits per heavy atom. The van der Waals surface area contributed by atoms with Crippen molar-refractivity contribution in [3.05, 3.63) is 47.6 Å². The number of anilines is 1. The van der Waals surface area contributed by atoms with E-state index in [1.165, 1.54) is 23.7 Å². The Balaban J connectivity index is 1.36. The van der Waals surface area contributed by atoms with E-state index in [0.717, 1.165) is 0 Å². The van der Waals surface area contributed by atoms with Crippen LogP contribution in [0.15, 0.2) is 36.9 Å². The summed E-state index contributed by atoms with van der Waals surface area (Å²) in [5.74, 6) is -0.0129. The normalized spacial score (nSPS) is 20.5. The molecule has 1 aliphatic carbocycles. The smallest absolute Gasteiger partial charge is 0.280 e. The van der Waals surface area contributed by atoms with Crippen molar-refractivity contribution in [2.75, 3.05) is 31.0 Å². The van der Waals surface area contributed by atoms with Crippen molar-refractivity contribution >= 4 is 33.0 Å². The molecular formula is C25H31N7O5S2. The molecule has 0 unspecified atom stereocenters. The molecule has 1 amide bonds. The Labute approximate surface area is 230 Å². The van der Waals surface area contributed by atoms with Crippen LogP contribution in [0.5, 0.6) is 5.88 Å². The van der Waals surface area contributed by atoms with Gasteiger partial charge < -0.3 is 15.2 Å². The van der Waals surface area contributed by atoms with E-state index in [1.807, 2.05) is 6.92 Å². The van der Waals surface area contributed by atoms with Gasteiger partial charge >= 0.3 is 0 Å². The molecule has 3 N–H and O–H groups in total. The molecule has 1 saturated heterocycles. The number of aromatic nitrogens is 4. The number of thiazole rings is 1. The van der Waals surface area contributed by atoms with Gasteiger partial charge in [-0.15, -0.1) is 11.3 Å². The predicted molar refractivity (Wildman–Crippen MR) is 146 cm³/mol. The number of hydrogen-bond donors (Lipinski definition) is 3. The molecule has 5 rings (SSSR count). The topological polar surface area (TPSA) is 160 Å². The lowest BCUT2D eigenvalue weighted by molar-refractivity contribution is 0.0671. The molecule has 2 fully saturated rings. The van der Waals surface area contributed by atoms with Crippen molar-refractivity contribution < 1.29 is 23.1 Å². The lowest BCUT2D eigenvalue weighted by atomic mass is 10.1. The summed E-state index contributed by atoms with van der Waals surface area (Å²) in [4.78, 5) is 33.3. The Kier molecular flexibility index (Phi) is 7.80. The average Bonchev–Trinajstić information content (AvgIpc) is 3.55. The molecule has 0 radical (unpaired) electrons. The summed E-state index contributed by atoms with van der Waals surface area (Å²) in [5.41, 5.74) is 0.623. The number of nitrogens with one attached hydrogen (secondary N) is 2. The largest absolute Gasteiger partial charge is 0.477 e. The van der Waals surface area contributed by atoms with Crippen LogP contribution in [0.4, 0.5) is 5.69 Å². The van der Waals surface area contributed by atoms with Gasteiger partial charge in [0.2, 0.25) is 15.9 Å². The molecule has 208 valence electrons. The molecule has 2 atom stereocenters. The van der Waals surface area contributed by atoms with E-state index >= 15 is 0 Å². The highest BCUT2D eigenvalue weighted by Crippen LogP contribution is 2.31. The summed E-state index contributed by atoms with van der Waals surface area (Å²) in [6.45, 7) is 5.59. The first-order chi connectivity index (χ1) is 18.6. The number of likely N-dealkylation sites (tertiary alicyclic amines) is 1. The number of aliphatic hydroxyl groups is 1. The van der Waals surface area contributed by atoms with E-state index in [4.69, 9.17) is 4.74 Å². The van der Waals surface area contributed by atoms with Gasteiger partial charge in [-0.25, -0.2) is 18.4 Å². The fourth-order valence-corrected chi connectivity index (χ4v) is 6.55. The van der Waals surface area contributed by atoms with Crippen LogP contribution in [0.2, 0.25) is 0 Å². The number of rotatable bonds is 11. The van der Waals surface area contributed by atoms with Gasteiger partial charge in [0.1, 0.15) is 5.69 Å². The van der Waals surface area contributed by atoms with Crippen LogP contribution in [0.3, 0.4) is 0 Å². The van der Waals surface area contributed by atoms with Gasteiger partial charge in [0, 0.05) is 32.0 Å². The second kappa shape index (κ2) is 11.1. The van der Waals surface area contributed by atoms with Crippen LogP contribution in [0.1, 0.15) is 54.6 Å². The van der Waals surface area contributed by atoms with Gasteiger partial charge in [0.15, 0.2) is 5.01 Å². The molecule has 1 aliphatic heterocycles. The number of sulfonamides is 1. The minimum atomic E-state index is -3.45. The van der Waals surface area contributed by atoms with Crippen LogP contribution >= 0.6 is 11.3 Å². The maximum atomic E-state index is 13.3. The Bertz CT molecular complexity index is 1440. The number of amides is 1. The predicted octanol–water partition coefficient (Wildman–Crippen LogP) is 2.23. The summed E-state index contributed by atoms with van der Waals surface area (Å²) >= 11 is 1.17. The van der Waals surface area contributed by atoms with Crippen molar-refractivity contribution in [1.29, 1.82) is 0 Å². The third kappa shape index (κ3) is 6.87. The molecule has 3 aromatic heterocycles. The van der Waals surface area contributed by atoms with E-state index in [2.05, 4.69) is 34.9 Å². The van der Waals surface area contributed by atoms with Crippen molar-refractivity contribution in [2.45, 2.75) is 50.0 Å². The van der Waals surface area contributed by atoms with E-state index < -0.39 is 27.6 Å². The minimum absolute atomic E-state index is 0.234. The molecule has 0 aromatic carbocycles. The highest BCUT2D eigenvalue weighted by Gasteiger charge is 2.36. The SMILES string of the molecule is CCOc1cncc(-c2cnc(C(=O)N[C@@H](CN3CC[C@](C)(O)C3)c3cc(NS(=O)(=O)C4CC4)ccn3)s2)n1. The van der Waals surface area contributed by atoms with E-state index in [1.54, 1.807) is 31.5 Å². The van der Waals surface area contributed by atoms with Crippen LogP contribution in [-0.4, -0.2) is 81.4 Å². The molecular weight excluding hydrogens is 542 g/mol. The average molecular weight is 574 g/mol. The zero-order valence-electron chi connectivity index (χ0n) is 21.7. The highest BCUT2D eigenvalue weighted by atomic mass is 32.2. The van der Waals surface area contributed by atoms with Crippen molar-refractivity contribution in [3.8, 4) is 16.5 Å². The lowest BCUT2D eigenvalue weighted by Crippen LogP contribution is -2.39. The van der Waals surface area contributed by atoms with Gasteiger partial charge in [-0.2, -0.15) is 0 Å². The third-order valence-corrected chi connectivity index (χ3v) is 9.38. The van der Waals surface area contributed by atoms with E-state index in [9.17, 15) is 18.3 Å². The van der Waals surface area contributed by atoms with E-state index in [-0.39, 0.29) is 10.3 Å². The Morgan fingerprint density at radius 3 is 2.85 bits per heavy atom. The van der Waals surface area contributed by atoms with Crippen molar-refractivity contribution in [2.24, 2.45) is 0 Å². The number of ether oxygens (including phenoxy) is 1. The maximum Gasteiger partial charge on any atom is 0.280 e. The Morgan fingerprint density at radius 1 is 1.31 bits per heavy atom. The molecule has 39 heavy (non-hydrogen) atoms. The third-order valence-electron chi connectivity index (χ3n) is 6.50. The minimum Gasteiger partial charge on any atom is -0.477 e. The first kappa shape index (κ1) is 27.4. The van der Waals surface area contributed by atoms with Crippen LogP contribution < -0.4 is 14.8 Å². The number of carbonyl (C=O) groups excluding carboxylic acids is 1. The molecule has 0 spiro atoms. The van der Waals surface area contributed by atoms with Gasteiger partial charge in [-0.05, 0) is 45.2 Å². The fraction of sp³-hybridized carbons (Fsp3) is 0.480. The van der Waals surface area contributed by atoms with Gasteiger partial charge in [-0.1, -0.05) is 0 Å². The molecule has 0 bridgehead atoms. The zero-order valence-corrected chi connectivity index (χ0v) is 23.3. The number of pyridine rings is 1. The summed E-state index contributed by atoms with van der Waals surface area (Å²) in [7, 11) is -3.45. The molecule has 3 aromatic rings. The number of carbonyl (C=O) groups is 1. The van der Waals surface area contributed by atoms with Gasteiger partial charge in [0.05, 0.1) is 52.2 Å². The quantitative estimate of drug-likeness (QED) is 0.310. The summed E-state index contributed by atoms with van der Waals surface area (Å²) in [6.07, 6.45) is 8.10. The summed E-state index contributed by atoms with van der Waals surface area (Å²) in [5, 5.41) is 13.3. The second-order valence-corrected chi connectivity index (χ2v) is 13.0. The number of nitrogens with zero attached hydrogens (tertiary/aromatic N) is 5. The first-order valence-corrected chi connectivity index (χ1v) is 15.1. The Hall–Kier alpha value is -3.20. The van der Waals surface area contributed by atoms with Gasteiger partial charge in [0.25, 0.3) is 5.91 Å². The standard InChI is InChI=1S/C25H31N7O5S2/c1-3-37-22-13-26-11-19(29-22)21-12-28-24(38-21)23(33)30-20(14-32-9-7-25(2,34)15-32)18-10-16(6-8-27-18)31-39(35,36)17-4-5-17/h6,8,10-13,17,20,34H,3-5,7,9,14-15H2,1-2H3,(H,27,31)(H,30,33)/t20-,25-/m0/s1. The van der Waals surface area contributed by atoms with Crippen LogP contribution in [0.25, 0.3) is 10.6 Å². The molecule has 2 aliphatic rings. The second-order valence-electron chi connectivity index (χ2n) is 10.0. The van der Waals surface area contributed by atoms with Crippen LogP contribution in [-0.2, 0) is 10.0 Å². The molecule has 14 heteroatoms. The van der Waals surface area contributed by atoms with Gasteiger partial charge in [-0.3, -0.25) is 24.4 Å². The lowest BCUT2D eigenvalue weighted by Gasteiger charge is -2.25. The number of hydrogen-bond acceptors (Lipinski definition) is 11. The molecule has 4 heterocycles. The van der Waals surface area contributed by atoms with Crippen molar-refractivity contribution in [1.82, 2.24) is 30.2 Å². The first-order valence-electron chi connectivity index (χ1n) is 12.8. The zero-order chi connectivity index (χ0) is 27.6. The van der Waals surface area contributed by atoms with Crippen molar-refractivity contribution in [3.63, 3.8) is 0 Å². The highest BCUT2D eigenvalue weighted by molar-refractivity contribution is 7.93. The fourth-order valence-electron chi connectivity index (χ4n) is 4.40. The molecule has 12 nitrogen and oxygen atoms in total.